The highest BCUT2D eigenvalue weighted by Crippen LogP contribution is 2.38. The Morgan fingerprint density at radius 3 is 2.05 bits per heavy atom. The number of carbonyl (C=O) groups is 1. The second-order valence-corrected chi connectivity index (χ2v) is 5.22. The Bertz CT molecular complexity index is 265. The molecule has 1 amide bonds. The van der Waals surface area contributed by atoms with E-state index in [9.17, 15) is 4.79 Å². The quantitative estimate of drug-likeness (QED) is 0.683. The van der Waals surface area contributed by atoms with E-state index in [1.807, 2.05) is 7.11 Å². The summed E-state index contributed by atoms with van der Waals surface area (Å²) in [6.45, 7) is 3.57. The van der Waals surface area contributed by atoms with Gasteiger partial charge in [0.2, 0.25) is 0 Å². The lowest BCUT2D eigenvalue weighted by Crippen LogP contribution is -2.42. The molecular weight excluding hydrogens is 359 g/mol. The third-order valence-corrected chi connectivity index (χ3v) is 3.76. The third kappa shape index (κ3) is 5.07. The molecule has 0 saturated carbocycles. The molecule has 0 bridgehead atoms. The van der Waals surface area contributed by atoms with Gasteiger partial charge in [-0.2, -0.15) is 0 Å². The summed E-state index contributed by atoms with van der Waals surface area (Å²) in [4.78, 5) is 14.2. The molecule has 0 aliphatic carbocycles. The van der Waals surface area contributed by atoms with Gasteiger partial charge in [0.05, 0.1) is 13.7 Å². The molecule has 0 aromatic heterocycles. The monoisotopic (exact) mass is 386 g/mol. The summed E-state index contributed by atoms with van der Waals surface area (Å²) in [5.74, 6) is 0. The number of ether oxygens (including phenoxy) is 2. The van der Waals surface area contributed by atoms with Crippen LogP contribution in [-0.2, 0) is 9.47 Å². The van der Waals surface area contributed by atoms with Crippen LogP contribution in [0.1, 0.15) is 25.7 Å². The van der Waals surface area contributed by atoms with Crippen LogP contribution in [0.5, 0.6) is 0 Å². The van der Waals surface area contributed by atoms with Gasteiger partial charge in [-0.05, 0) is 38.8 Å². The molecule has 6 heteroatoms. The molecule has 0 atom stereocenters. The molecule has 2 saturated heterocycles. The van der Waals surface area contributed by atoms with Crippen LogP contribution in [0.15, 0.2) is 0 Å². The van der Waals surface area contributed by atoms with Crippen molar-refractivity contribution in [3.05, 3.63) is 0 Å². The van der Waals surface area contributed by atoms with Crippen LogP contribution < -0.4 is 0 Å². The summed E-state index contributed by atoms with van der Waals surface area (Å²) in [7, 11) is 6.43. The molecule has 5 nitrogen and oxygen atoms in total. The maximum Gasteiger partial charge on any atom is 0.408 e. The normalized spacial score (nSPS) is 19.8. The van der Waals surface area contributed by atoms with Crippen molar-refractivity contribution in [1.82, 2.24) is 9.80 Å². The number of rotatable bonds is 2. The first-order chi connectivity index (χ1) is 8.55. The van der Waals surface area contributed by atoms with E-state index in [2.05, 4.69) is 9.64 Å². The fraction of sp³-hybridized carbons (Fsp3) is 0.923. The van der Waals surface area contributed by atoms with E-state index < -0.39 is 0 Å². The molecule has 2 heterocycles. The van der Waals surface area contributed by atoms with Gasteiger partial charge in [-0.3, -0.25) is 4.90 Å². The lowest BCUT2D eigenvalue weighted by Gasteiger charge is -2.30. The van der Waals surface area contributed by atoms with Gasteiger partial charge in [-0.25, -0.2) is 4.79 Å². The zero-order valence-corrected chi connectivity index (χ0v) is 14.8. The SMILES string of the molecule is COC(=O)N(C)C.COCC12CCCN1CCC2.I. The molecule has 0 spiro atoms. The van der Waals surface area contributed by atoms with Crippen molar-refractivity contribution in [1.29, 1.82) is 0 Å². The lowest BCUT2D eigenvalue weighted by atomic mass is 9.95. The first-order valence-electron chi connectivity index (χ1n) is 6.55. The highest BCUT2D eigenvalue weighted by atomic mass is 127. The second kappa shape index (κ2) is 8.97. The van der Waals surface area contributed by atoms with Gasteiger partial charge in [0.1, 0.15) is 0 Å². The molecule has 2 aliphatic heterocycles. The van der Waals surface area contributed by atoms with E-state index in [4.69, 9.17) is 4.74 Å². The number of hydrogen-bond donors (Lipinski definition) is 0. The fourth-order valence-electron chi connectivity index (χ4n) is 2.91. The number of methoxy groups -OCH3 is 2. The molecule has 19 heavy (non-hydrogen) atoms. The molecule has 2 fully saturated rings. The molecule has 0 radical (unpaired) electrons. The highest BCUT2D eigenvalue weighted by molar-refractivity contribution is 14.0. The predicted molar refractivity (Wildman–Crippen MR) is 86.2 cm³/mol. The van der Waals surface area contributed by atoms with Crippen molar-refractivity contribution < 1.29 is 14.3 Å². The summed E-state index contributed by atoms with van der Waals surface area (Å²) in [6.07, 6.45) is 5.16. The Labute approximate surface area is 133 Å². The Balaban J connectivity index is 0.000000360. The molecule has 0 aromatic carbocycles. The Kier molecular flexibility index (Phi) is 8.93. The van der Waals surface area contributed by atoms with Crippen LogP contribution in [0.25, 0.3) is 0 Å². The molecule has 2 aliphatic rings. The van der Waals surface area contributed by atoms with E-state index in [1.54, 1.807) is 14.1 Å². The standard InChI is InChI=1S/C9H17NO.C4H9NO2.HI/c1-11-8-9-4-2-6-10(9)7-3-5-9;1-5(2)4(6)7-3;/h2-8H2,1H3;1-3H3;1H. The largest absolute Gasteiger partial charge is 0.453 e. The highest BCUT2D eigenvalue weighted by Gasteiger charge is 2.43. The predicted octanol–water partition coefficient (Wildman–Crippen LogP) is 2.19. The maximum absolute atomic E-state index is 10.2. The number of fused-ring (bicyclic) bond motifs is 1. The fourth-order valence-corrected chi connectivity index (χ4v) is 2.91. The van der Waals surface area contributed by atoms with Gasteiger partial charge in [-0.1, -0.05) is 0 Å². The summed E-state index contributed by atoms with van der Waals surface area (Å²) < 4.78 is 9.59. The van der Waals surface area contributed by atoms with Crippen LogP contribution >= 0.6 is 24.0 Å². The first-order valence-corrected chi connectivity index (χ1v) is 6.55. The van der Waals surface area contributed by atoms with Gasteiger partial charge in [0.15, 0.2) is 0 Å². The zero-order chi connectivity index (χ0) is 13.6. The van der Waals surface area contributed by atoms with E-state index in [1.165, 1.54) is 50.8 Å². The molecule has 0 aromatic rings. The van der Waals surface area contributed by atoms with Crippen LogP contribution in [0, 0.1) is 0 Å². The van der Waals surface area contributed by atoms with E-state index in [0.717, 1.165) is 6.61 Å². The van der Waals surface area contributed by atoms with Crippen molar-refractivity contribution >= 4 is 30.1 Å². The number of carbonyl (C=O) groups excluding carboxylic acids is 1. The Morgan fingerprint density at radius 1 is 1.21 bits per heavy atom. The molecule has 0 N–H and O–H groups in total. The van der Waals surface area contributed by atoms with Crippen molar-refractivity contribution in [3.8, 4) is 0 Å². The van der Waals surface area contributed by atoms with Crippen molar-refractivity contribution in [2.75, 3.05) is 48.0 Å². The van der Waals surface area contributed by atoms with E-state index in [0.29, 0.717) is 5.54 Å². The Hall–Kier alpha value is -0.0800. The minimum Gasteiger partial charge on any atom is -0.453 e. The molecule has 114 valence electrons. The van der Waals surface area contributed by atoms with Crippen LogP contribution in [0.3, 0.4) is 0 Å². The van der Waals surface area contributed by atoms with Gasteiger partial charge in [0, 0.05) is 26.7 Å². The van der Waals surface area contributed by atoms with Gasteiger partial charge >= 0.3 is 6.09 Å². The molecule has 0 unspecified atom stereocenters. The summed E-state index contributed by atoms with van der Waals surface area (Å²) in [6, 6.07) is 0. The van der Waals surface area contributed by atoms with Crippen LogP contribution in [0.2, 0.25) is 0 Å². The zero-order valence-electron chi connectivity index (χ0n) is 12.5. The average molecular weight is 386 g/mol. The first kappa shape index (κ1) is 18.9. The van der Waals surface area contributed by atoms with Crippen molar-refractivity contribution in [3.63, 3.8) is 0 Å². The van der Waals surface area contributed by atoms with Gasteiger partial charge in [-0.15, -0.1) is 24.0 Å². The third-order valence-electron chi connectivity index (χ3n) is 3.76. The number of hydrogen-bond acceptors (Lipinski definition) is 4. The van der Waals surface area contributed by atoms with Crippen molar-refractivity contribution in [2.24, 2.45) is 0 Å². The number of nitrogens with zero attached hydrogens (tertiary/aromatic N) is 2. The number of amides is 1. The summed E-state index contributed by atoms with van der Waals surface area (Å²) in [5.41, 5.74) is 0.467. The second-order valence-electron chi connectivity index (χ2n) is 5.22. The average Bonchev–Trinajstić information content (AvgIpc) is 2.88. The van der Waals surface area contributed by atoms with E-state index in [-0.39, 0.29) is 30.1 Å². The van der Waals surface area contributed by atoms with Crippen molar-refractivity contribution in [2.45, 2.75) is 31.2 Å². The van der Waals surface area contributed by atoms with Crippen LogP contribution in [0.4, 0.5) is 4.79 Å². The smallest absolute Gasteiger partial charge is 0.408 e. The summed E-state index contributed by atoms with van der Waals surface area (Å²) >= 11 is 0. The van der Waals surface area contributed by atoms with E-state index >= 15 is 0 Å². The Morgan fingerprint density at radius 2 is 1.74 bits per heavy atom. The van der Waals surface area contributed by atoms with Crippen LogP contribution in [-0.4, -0.2) is 69.4 Å². The number of halogens is 1. The topological polar surface area (TPSA) is 42.0 Å². The lowest BCUT2D eigenvalue weighted by molar-refractivity contribution is 0.0655. The minimum atomic E-state index is -0.319. The summed E-state index contributed by atoms with van der Waals surface area (Å²) in [5, 5.41) is 0. The molecular formula is C13H27IN2O3. The maximum atomic E-state index is 10.2. The molecule has 2 rings (SSSR count). The van der Waals surface area contributed by atoms with Gasteiger partial charge in [0.25, 0.3) is 0 Å². The minimum absolute atomic E-state index is 0. The van der Waals surface area contributed by atoms with Gasteiger partial charge < -0.3 is 14.4 Å².